The van der Waals surface area contributed by atoms with Crippen molar-refractivity contribution in [3.8, 4) is 0 Å². The Bertz CT molecular complexity index is 673. The highest BCUT2D eigenvalue weighted by Gasteiger charge is 2.43. The number of carbonyl (C=O) groups is 1. The molecule has 1 unspecified atom stereocenters. The minimum atomic E-state index is -1.98. The molecule has 2 aromatic rings. The first-order valence-electron chi connectivity index (χ1n) is 6.23. The molecule has 106 valence electrons. The number of benzene rings is 1. The van der Waals surface area contributed by atoms with Gasteiger partial charge in [0.2, 0.25) is 5.67 Å². The van der Waals surface area contributed by atoms with Crippen molar-refractivity contribution in [2.75, 3.05) is 13.1 Å². The van der Waals surface area contributed by atoms with Crippen LogP contribution >= 0.6 is 0 Å². The maximum atomic E-state index is 14.1. The fourth-order valence-corrected chi connectivity index (χ4v) is 2.47. The SMILES string of the molecule is NC(=O)C1(F)CCN(Cc2noc3cc(F)ccc23)C1. The molecule has 0 spiro atoms. The van der Waals surface area contributed by atoms with Crippen LogP contribution in [0.1, 0.15) is 12.1 Å². The molecule has 0 bridgehead atoms. The zero-order valence-corrected chi connectivity index (χ0v) is 10.6. The van der Waals surface area contributed by atoms with Gasteiger partial charge < -0.3 is 10.3 Å². The molecule has 2 heterocycles. The molecule has 1 aliphatic rings. The number of nitrogens with zero attached hydrogens (tertiary/aromatic N) is 2. The number of rotatable bonds is 3. The second-order valence-electron chi connectivity index (χ2n) is 5.06. The van der Waals surface area contributed by atoms with Crippen LogP contribution in [0.5, 0.6) is 0 Å². The van der Waals surface area contributed by atoms with Crippen LogP contribution in [0.2, 0.25) is 0 Å². The number of hydrogen-bond donors (Lipinski definition) is 1. The van der Waals surface area contributed by atoms with Crippen molar-refractivity contribution in [2.24, 2.45) is 5.73 Å². The van der Waals surface area contributed by atoms with Gasteiger partial charge in [0.05, 0.1) is 0 Å². The largest absolute Gasteiger partial charge is 0.367 e. The van der Waals surface area contributed by atoms with Gasteiger partial charge in [-0.2, -0.15) is 0 Å². The number of aromatic nitrogens is 1. The van der Waals surface area contributed by atoms with Gasteiger partial charge in [0.15, 0.2) is 5.58 Å². The van der Waals surface area contributed by atoms with E-state index >= 15 is 0 Å². The lowest BCUT2D eigenvalue weighted by Gasteiger charge is -2.16. The molecule has 7 heteroatoms. The van der Waals surface area contributed by atoms with Crippen molar-refractivity contribution >= 4 is 16.9 Å². The monoisotopic (exact) mass is 281 g/mol. The van der Waals surface area contributed by atoms with Gasteiger partial charge in [-0.1, -0.05) is 5.16 Å². The van der Waals surface area contributed by atoms with Crippen LogP contribution < -0.4 is 5.73 Å². The second kappa shape index (κ2) is 4.52. The molecule has 1 amide bonds. The molecule has 1 aliphatic heterocycles. The zero-order valence-electron chi connectivity index (χ0n) is 10.6. The Hall–Kier alpha value is -2.02. The molecule has 1 aromatic heterocycles. The van der Waals surface area contributed by atoms with Crippen LogP contribution in [-0.2, 0) is 11.3 Å². The Kier molecular flexibility index (Phi) is 2.93. The summed E-state index contributed by atoms with van der Waals surface area (Å²) in [5, 5.41) is 4.55. The van der Waals surface area contributed by atoms with Crippen LogP contribution in [0, 0.1) is 5.82 Å². The molecule has 3 rings (SSSR count). The Morgan fingerprint density at radius 2 is 2.35 bits per heavy atom. The number of likely N-dealkylation sites (tertiary alicyclic amines) is 1. The van der Waals surface area contributed by atoms with E-state index in [1.165, 1.54) is 12.1 Å². The average Bonchev–Trinajstić information content (AvgIpc) is 2.95. The maximum absolute atomic E-state index is 14.1. The fourth-order valence-electron chi connectivity index (χ4n) is 2.47. The summed E-state index contributed by atoms with van der Waals surface area (Å²) in [6, 6.07) is 4.14. The lowest BCUT2D eigenvalue weighted by molar-refractivity contribution is -0.128. The predicted octanol–water partition coefficient (Wildman–Crippen LogP) is 1.37. The summed E-state index contributed by atoms with van der Waals surface area (Å²) in [6.45, 7) is 0.685. The molecule has 1 atom stereocenters. The average molecular weight is 281 g/mol. The van der Waals surface area contributed by atoms with Crippen molar-refractivity contribution in [1.82, 2.24) is 10.1 Å². The van der Waals surface area contributed by atoms with Crippen molar-refractivity contribution in [3.05, 3.63) is 29.7 Å². The Labute approximate surface area is 113 Å². The summed E-state index contributed by atoms with van der Waals surface area (Å²) in [7, 11) is 0. The van der Waals surface area contributed by atoms with Crippen LogP contribution in [0.25, 0.3) is 11.0 Å². The molecule has 1 fully saturated rings. The van der Waals surface area contributed by atoms with Crippen molar-refractivity contribution < 1.29 is 18.1 Å². The Morgan fingerprint density at radius 1 is 1.55 bits per heavy atom. The number of primary amides is 1. The molecule has 5 nitrogen and oxygen atoms in total. The zero-order chi connectivity index (χ0) is 14.3. The van der Waals surface area contributed by atoms with E-state index in [1.54, 1.807) is 11.0 Å². The van der Waals surface area contributed by atoms with Crippen molar-refractivity contribution in [2.45, 2.75) is 18.6 Å². The highest BCUT2D eigenvalue weighted by molar-refractivity contribution is 5.84. The normalized spacial score (nSPS) is 23.5. The quantitative estimate of drug-likeness (QED) is 0.922. The highest BCUT2D eigenvalue weighted by atomic mass is 19.1. The second-order valence-corrected chi connectivity index (χ2v) is 5.06. The van der Waals surface area contributed by atoms with E-state index in [1.807, 2.05) is 0 Å². The van der Waals surface area contributed by atoms with Crippen LogP contribution in [0.4, 0.5) is 8.78 Å². The van der Waals surface area contributed by atoms with Crippen molar-refractivity contribution in [1.29, 1.82) is 0 Å². The van der Waals surface area contributed by atoms with Gasteiger partial charge in [-0.25, -0.2) is 8.78 Å². The smallest absolute Gasteiger partial charge is 0.256 e. The number of carbonyl (C=O) groups excluding carboxylic acids is 1. The first kappa shape index (κ1) is 13.0. The molecule has 2 N–H and O–H groups in total. The third kappa shape index (κ3) is 2.14. The number of amides is 1. The maximum Gasteiger partial charge on any atom is 0.256 e. The summed E-state index contributed by atoms with van der Waals surface area (Å²) in [5.74, 6) is -1.34. The van der Waals surface area contributed by atoms with Gasteiger partial charge in [0, 0.05) is 37.5 Å². The van der Waals surface area contributed by atoms with Gasteiger partial charge in [0.1, 0.15) is 11.5 Å². The Balaban J connectivity index is 1.79. The molecule has 0 radical (unpaired) electrons. The lowest BCUT2D eigenvalue weighted by atomic mass is 10.1. The van der Waals surface area contributed by atoms with Gasteiger partial charge in [-0.05, 0) is 12.1 Å². The van der Waals surface area contributed by atoms with Gasteiger partial charge >= 0.3 is 0 Å². The third-order valence-electron chi connectivity index (χ3n) is 3.62. The molecular weight excluding hydrogens is 268 g/mol. The first-order chi connectivity index (χ1) is 9.48. The molecular formula is C13H13F2N3O2. The first-order valence-corrected chi connectivity index (χ1v) is 6.23. The summed E-state index contributed by atoms with van der Waals surface area (Å²) in [6.07, 6.45) is 0.0761. The summed E-state index contributed by atoms with van der Waals surface area (Å²) >= 11 is 0. The van der Waals surface area contributed by atoms with Gasteiger partial charge in [-0.15, -0.1) is 0 Å². The lowest BCUT2D eigenvalue weighted by Crippen LogP contribution is -2.42. The number of nitrogens with two attached hydrogens (primary N) is 1. The molecule has 1 saturated heterocycles. The van der Waals surface area contributed by atoms with E-state index in [2.05, 4.69) is 5.16 Å². The molecule has 0 aliphatic carbocycles. The number of hydrogen-bond acceptors (Lipinski definition) is 4. The number of alkyl halides is 1. The fraction of sp³-hybridized carbons (Fsp3) is 0.385. The molecule has 1 aromatic carbocycles. The third-order valence-corrected chi connectivity index (χ3v) is 3.62. The molecule has 0 saturated carbocycles. The van der Waals surface area contributed by atoms with Crippen molar-refractivity contribution in [3.63, 3.8) is 0 Å². The highest BCUT2D eigenvalue weighted by Crippen LogP contribution is 2.28. The minimum Gasteiger partial charge on any atom is -0.367 e. The van der Waals surface area contributed by atoms with E-state index < -0.39 is 17.4 Å². The van der Waals surface area contributed by atoms with Gasteiger partial charge in [-0.3, -0.25) is 9.69 Å². The van der Waals surface area contributed by atoms with Gasteiger partial charge in [0.25, 0.3) is 5.91 Å². The summed E-state index contributed by atoms with van der Waals surface area (Å²) in [4.78, 5) is 12.8. The number of halogens is 2. The minimum absolute atomic E-state index is 0.0577. The topological polar surface area (TPSA) is 72.4 Å². The van der Waals surface area contributed by atoms with E-state index in [0.717, 1.165) is 0 Å². The van der Waals surface area contributed by atoms with Crippen LogP contribution in [0.15, 0.2) is 22.7 Å². The van der Waals surface area contributed by atoms with E-state index in [0.29, 0.717) is 29.8 Å². The summed E-state index contributed by atoms with van der Waals surface area (Å²) in [5.41, 5.74) is 4.02. The number of fused-ring (bicyclic) bond motifs is 1. The van der Waals surface area contributed by atoms with E-state index in [4.69, 9.17) is 10.3 Å². The standard InChI is InChI=1S/C13H13F2N3O2/c14-8-1-2-9-10(17-20-11(9)5-8)6-18-4-3-13(15,7-18)12(16)19/h1-2,5H,3-4,6-7H2,(H2,16,19). The van der Waals surface area contributed by atoms with E-state index in [-0.39, 0.29) is 13.0 Å². The van der Waals surface area contributed by atoms with Crippen LogP contribution in [-0.4, -0.2) is 34.7 Å². The summed E-state index contributed by atoms with van der Waals surface area (Å²) < 4.78 is 32.2. The molecule has 20 heavy (non-hydrogen) atoms. The Morgan fingerprint density at radius 3 is 3.05 bits per heavy atom. The van der Waals surface area contributed by atoms with Crippen LogP contribution in [0.3, 0.4) is 0 Å². The predicted molar refractivity (Wildman–Crippen MR) is 66.9 cm³/mol. The van der Waals surface area contributed by atoms with E-state index in [9.17, 15) is 13.6 Å².